The molecule has 0 N–H and O–H groups in total. The molecule has 6 heteroatoms. The zero-order chi connectivity index (χ0) is 22.8. The highest BCUT2D eigenvalue weighted by atomic mass is 16.5. The van der Waals surface area contributed by atoms with Crippen LogP contribution in [0.2, 0.25) is 0 Å². The molecule has 170 valence electrons. The van der Waals surface area contributed by atoms with Crippen molar-refractivity contribution in [2.75, 3.05) is 13.1 Å². The Balaban J connectivity index is 1.07. The van der Waals surface area contributed by atoms with E-state index in [-0.39, 0.29) is 35.6 Å². The van der Waals surface area contributed by atoms with Gasteiger partial charge in [0.2, 0.25) is 17.7 Å². The molecule has 1 aliphatic carbocycles. The molecular weight excluding hydrogens is 416 g/mol. The topological polar surface area (TPSA) is 66.9 Å². The van der Waals surface area contributed by atoms with E-state index in [1.54, 1.807) is 4.90 Å². The summed E-state index contributed by atoms with van der Waals surface area (Å²) in [6, 6.07) is 17.7. The summed E-state index contributed by atoms with van der Waals surface area (Å²) in [4.78, 5) is 41.2. The SMILES string of the molecule is O=C(CCc1ccc(OCc2ccccc2)cc1)N1CC(N2C(=O)C3CC=CCC3C2=O)C1. The second kappa shape index (κ2) is 9.22. The van der Waals surface area contributed by atoms with Crippen molar-refractivity contribution in [3.63, 3.8) is 0 Å². The number of amides is 3. The van der Waals surface area contributed by atoms with Crippen LogP contribution in [0.4, 0.5) is 0 Å². The van der Waals surface area contributed by atoms with E-state index < -0.39 is 0 Å². The van der Waals surface area contributed by atoms with Crippen LogP contribution in [-0.4, -0.2) is 46.7 Å². The standard InChI is InChI=1S/C27H28N2O4/c30-25(15-12-19-10-13-22(14-11-19)33-18-20-6-2-1-3-7-20)28-16-21(17-28)29-26(31)23-8-4-5-9-24(23)27(29)32/h1-7,10-11,13-14,21,23-24H,8-9,12,15-18H2. The van der Waals surface area contributed by atoms with Gasteiger partial charge in [-0.3, -0.25) is 19.3 Å². The van der Waals surface area contributed by atoms with Gasteiger partial charge in [-0.05, 0) is 42.5 Å². The summed E-state index contributed by atoms with van der Waals surface area (Å²) in [5.41, 5.74) is 2.20. The lowest BCUT2D eigenvalue weighted by Gasteiger charge is -2.43. The number of carbonyl (C=O) groups excluding carboxylic acids is 3. The van der Waals surface area contributed by atoms with Gasteiger partial charge in [-0.25, -0.2) is 0 Å². The first kappa shape index (κ1) is 21.4. The lowest BCUT2D eigenvalue weighted by atomic mass is 9.85. The number of hydrogen-bond acceptors (Lipinski definition) is 4. The van der Waals surface area contributed by atoms with E-state index in [4.69, 9.17) is 4.74 Å². The average molecular weight is 445 g/mol. The fraction of sp³-hybridized carbons (Fsp3) is 0.370. The maximum absolute atomic E-state index is 12.7. The second-order valence-electron chi connectivity index (χ2n) is 9.07. The van der Waals surface area contributed by atoms with Gasteiger partial charge in [-0.15, -0.1) is 0 Å². The van der Waals surface area contributed by atoms with Crippen molar-refractivity contribution >= 4 is 17.7 Å². The summed E-state index contributed by atoms with van der Waals surface area (Å²) in [6.07, 6.45) is 6.35. The number of nitrogens with zero attached hydrogens (tertiary/aromatic N) is 2. The highest BCUT2D eigenvalue weighted by Crippen LogP contribution is 2.37. The van der Waals surface area contributed by atoms with Crippen molar-refractivity contribution in [3.8, 4) is 5.75 Å². The number of allylic oxidation sites excluding steroid dienone is 2. The van der Waals surface area contributed by atoms with E-state index in [0.717, 1.165) is 16.9 Å². The zero-order valence-electron chi connectivity index (χ0n) is 18.6. The first-order valence-electron chi connectivity index (χ1n) is 11.7. The summed E-state index contributed by atoms with van der Waals surface area (Å²) < 4.78 is 5.81. The smallest absolute Gasteiger partial charge is 0.233 e. The normalized spacial score (nSPS) is 22.3. The summed E-state index contributed by atoms with van der Waals surface area (Å²) in [6.45, 7) is 1.43. The number of fused-ring (bicyclic) bond motifs is 1. The van der Waals surface area contributed by atoms with Crippen molar-refractivity contribution in [2.45, 2.75) is 38.3 Å². The molecule has 2 aromatic carbocycles. The molecule has 0 bridgehead atoms. The van der Waals surface area contributed by atoms with Crippen LogP contribution in [0.15, 0.2) is 66.7 Å². The van der Waals surface area contributed by atoms with Gasteiger partial charge in [0.15, 0.2) is 0 Å². The molecule has 2 saturated heterocycles. The Kier molecular flexibility index (Phi) is 5.99. The molecule has 0 saturated carbocycles. The zero-order valence-corrected chi connectivity index (χ0v) is 18.6. The third-order valence-electron chi connectivity index (χ3n) is 6.92. The minimum absolute atomic E-state index is 0.0546. The van der Waals surface area contributed by atoms with Gasteiger partial charge in [-0.2, -0.15) is 0 Å². The summed E-state index contributed by atoms with van der Waals surface area (Å²) in [5, 5.41) is 0. The monoisotopic (exact) mass is 444 g/mol. The van der Waals surface area contributed by atoms with Crippen LogP contribution < -0.4 is 4.74 Å². The second-order valence-corrected chi connectivity index (χ2v) is 9.07. The Morgan fingerprint density at radius 3 is 2.12 bits per heavy atom. The number of rotatable bonds is 7. The Labute approximate surface area is 193 Å². The van der Waals surface area contributed by atoms with E-state index in [0.29, 0.717) is 45.4 Å². The number of carbonyl (C=O) groups is 3. The van der Waals surface area contributed by atoms with Gasteiger partial charge < -0.3 is 9.64 Å². The molecule has 2 aromatic rings. The molecule has 5 rings (SSSR count). The number of ether oxygens (including phenoxy) is 1. The van der Waals surface area contributed by atoms with Gasteiger partial charge in [0.05, 0.1) is 17.9 Å². The van der Waals surface area contributed by atoms with Gasteiger partial charge in [0.25, 0.3) is 0 Å². The molecule has 2 heterocycles. The molecule has 0 aromatic heterocycles. The van der Waals surface area contributed by atoms with Crippen molar-refractivity contribution < 1.29 is 19.1 Å². The van der Waals surface area contributed by atoms with Gasteiger partial charge in [0, 0.05) is 19.5 Å². The fourth-order valence-corrected chi connectivity index (χ4v) is 4.91. The Morgan fingerprint density at radius 1 is 0.848 bits per heavy atom. The Bertz CT molecular complexity index is 1030. The van der Waals surface area contributed by atoms with Crippen molar-refractivity contribution in [3.05, 3.63) is 77.9 Å². The van der Waals surface area contributed by atoms with E-state index in [1.165, 1.54) is 4.90 Å². The van der Waals surface area contributed by atoms with Crippen LogP contribution in [0, 0.1) is 11.8 Å². The van der Waals surface area contributed by atoms with Crippen LogP contribution in [0.3, 0.4) is 0 Å². The van der Waals surface area contributed by atoms with Crippen molar-refractivity contribution in [2.24, 2.45) is 11.8 Å². The van der Waals surface area contributed by atoms with E-state index >= 15 is 0 Å². The maximum atomic E-state index is 12.7. The fourth-order valence-electron chi connectivity index (χ4n) is 4.91. The highest BCUT2D eigenvalue weighted by molar-refractivity contribution is 6.06. The number of benzene rings is 2. The summed E-state index contributed by atoms with van der Waals surface area (Å²) in [5.74, 6) is 0.352. The minimum atomic E-state index is -0.202. The van der Waals surface area contributed by atoms with Gasteiger partial charge in [-0.1, -0.05) is 54.6 Å². The van der Waals surface area contributed by atoms with Crippen LogP contribution in [-0.2, 0) is 27.4 Å². The molecule has 2 atom stereocenters. The van der Waals surface area contributed by atoms with Crippen molar-refractivity contribution in [1.82, 2.24) is 9.80 Å². The quantitative estimate of drug-likeness (QED) is 0.485. The largest absolute Gasteiger partial charge is 0.489 e. The third kappa shape index (κ3) is 4.42. The molecule has 0 radical (unpaired) electrons. The third-order valence-corrected chi connectivity index (χ3v) is 6.92. The van der Waals surface area contributed by atoms with Crippen molar-refractivity contribution in [1.29, 1.82) is 0 Å². The molecule has 6 nitrogen and oxygen atoms in total. The predicted octanol–water partition coefficient (Wildman–Crippen LogP) is 3.36. The molecule has 2 fully saturated rings. The molecule has 3 amide bonds. The first-order valence-corrected chi connectivity index (χ1v) is 11.7. The van der Waals surface area contributed by atoms with Crippen LogP contribution in [0.25, 0.3) is 0 Å². The van der Waals surface area contributed by atoms with Gasteiger partial charge >= 0.3 is 0 Å². The van der Waals surface area contributed by atoms with E-state index in [9.17, 15) is 14.4 Å². The molecule has 0 spiro atoms. The summed E-state index contributed by atoms with van der Waals surface area (Å²) in [7, 11) is 0. The lowest BCUT2D eigenvalue weighted by molar-refractivity contribution is -0.152. The number of likely N-dealkylation sites (tertiary alicyclic amines) is 2. The van der Waals surface area contributed by atoms with Crippen LogP contribution in [0.1, 0.15) is 30.4 Å². The molecule has 33 heavy (non-hydrogen) atoms. The molecule has 2 unspecified atom stereocenters. The first-order chi connectivity index (χ1) is 16.1. The molecule has 3 aliphatic rings. The average Bonchev–Trinajstić information content (AvgIpc) is 3.07. The van der Waals surface area contributed by atoms with E-state index in [2.05, 4.69) is 0 Å². The highest BCUT2D eigenvalue weighted by Gasteiger charge is 2.52. The number of aryl methyl sites for hydroxylation is 1. The Morgan fingerprint density at radius 2 is 1.48 bits per heavy atom. The maximum Gasteiger partial charge on any atom is 0.233 e. The number of hydrogen-bond donors (Lipinski definition) is 0. The Hall–Kier alpha value is -3.41. The minimum Gasteiger partial charge on any atom is -0.489 e. The lowest BCUT2D eigenvalue weighted by Crippen LogP contribution is -2.62. The predicted molar refractivity (Wildman–Crippen MR) is 123 cm³/mol. The summed E-state index contributed by atoms with van der Waals surface area (Å²) >= 11 is 0. The number of imide groups is 1. The molecular formula is C27H28N2O4. The van der Waals surface area contributed by atoms with Crippen LogP contribution in [0.5, 0.6) is 5.75 Å². The van der Waals surface area contributed by atoms with E-state index in [1.807, 2.05) is 66.7 Å². The van der Waals surface area contributed by atoms with Crippen LogP contribution >= 0.6 is 0 Å². The molecule has 2 aliphatic heterocycles. The van der Waals surface area contributed by atoms with Gasteiger partial charge in [0.1, 0.15) is 12.4 Å².